The Kier molecular flexibility index (Phi) is 9.44. The van der Waals surface area contributed by atoms with Crippen LogP contribution in [0.4, 0.5) is 8.78 Å². The van der Waals surface area contributed by atoms with Crippen molar-refractivity contribution in [1.82, 2.24) is 4.90 Å². The normalized spacial score (nSPS) is 18.9. The van der Waals surface area contributed by atoms with Crippen molar-refractivity contribution >= 4 is 27.2 Å². The molecule has 9 heteroatoms. The second-order valence-electron chi connectivity index (χ2n) is 11.6. The Labute approximate surface area is 260 Å². The molecule has 2 saturated heterocycles. The molecule has 232 valence electrons. The van der Waals surface area contributed by atoms with Gasteiger partial charge < -0.3 is 18.9 Å². The number of nitrogens with zero attached hydrogens (tertiary/aromatic N) is 1. The number of hydrogen-bond donors (Lipinski definition) is 0. The first-order valence-electron chi connectivity index (χ1n) is 15.2. The summed E-state index contributed by atoms with van der Waals surface area (Å²) in [6, 6.07) is 15.8. The first-order chi connectivity index (χ1) is 21.4. The van der Waals surface area contributed by atoms with Crippen LogP contribution in [0.2, 0.25) is 0 Å². The van der Waals surface area contributed by atoms with Gasteiger partial charge in [-0.2, -0.15) is 0 Å². The van der Waals surface area contributed by atoms with Crippen LogP contribution in [0.5, 0.6) is 23.0 Å². The average molecular weight is 622 g/mol. The highest BCUT2D eigenvalue weighted by Gasteiger charge is 2.26. The summed E-state index contributed by atoms with van der Waals surface area (Å²) >= 11 is 1.33. The molecule has 0 bridgehead atoms. The summed E-state index contributed by atoms with van der Waals surface area (Å²) in [4.78, 5) is 16.7. The zero-order valence-corrected chi connectivity index (χ0v) is 25.9. The van der Waals surface area contributed by atoms with E-state index in [0.29, 0.717) is 57.8 Å². The van der Waals surface area contributed by atoms with Gasteiger partial charge in [-0.15, -0.1) is 11.3 Å². The molecule has 6 rings (SSSR count). The van der Waals surface area contributed by atoms with Crippen LogP contribution in [0.25, 0.3) is 10.1 Å². The number of carbonyl (C=O) groups is 1. The number of ketones is 1. The molecule has 0 saturated carbocycles. The van der Waals surface area contributed by atoms with E-state index in [2.05, 4.69) is 4.90 Å². The molecule has 0 radical (unpaired) electrons. The Morgan fingerprint density at radius 3 is 2.45 bits per heavy atom. The highest BCUT2D eigenvalue weighted by atomic mass is 32.1. The fraction of sp³-hybridized carbons (Fsp3) is 0.400. The van der Waals surface area contributed by atoms with Crippen LogP contribution in [0, 0.1) is 25.6 Å². The van der Waals surface area contributed by atoms with Gasteiger partial charge >= 0.3 is 0 Å². The predicted molar refractivity (Wildman–Crippen MR) is 168 cm³/mol. The van der Waals surface area contributed by atoms with Crippen molar-refractivity contribution in [2.24, 2.45) is 5.92 Å². The number of hydrogen-bond acceptors (Lipinski definition) is 7. The average Bonchev–Trinajstić information content (AvgIpc) is 3.62. The van der Waals surface area contributed by atoms with Crippen molar-refractivity contribution in [3.05, 3.63) is 82.0 Å². The van der Waals surface area contributed by atoms with Crippen LogP contribution in [-0.2, 0) is 4.74 Å². The molecule has 2 aliphatic heterocycles. The summed E-state index contributed by atoms with van der Waals surface area (Å²) in [7, 11) is 0. The Morgan fingerprint density at radius 1 is 1.00 bits per heavy atom. The molecule has 2 aliphatic rings. The van der Waals surface area contributed by atoms with E-state index < -0.39 is 0 Å². The topological polar surface area (TPSA) is 57.2 Å². The third-order valence-corrected chi connectivity index (χ3v) is 9.39. The SMILES string of the molecule is Cc1cc(F)cc(C)c1C(=O)c1sc2cc(OC3CCCCO3)ccc2c1Oc1ccc(OCCN2CC[C@@H](CF)C2)cc1. The summed E-state index contributed by atoms with van der Waals surface area (Å²) in [5.74, 6) is 1.92. The molecule has 0 aliphatic carbocycles. The van der Waals surface area contributed by atoms with E-state index in [4.69, 9.17) is 18.9 Å². The van der Waals surface area contributed by atoms with E-state index in [9.17, 15) is 13.6 Å². The fourth-order valence-corrected chi connectivity index (χ4v) is 7.08. The quantitative estimate of drug-likeness (QED) is 0.157. The van der Waals surface area contributed by atoms with Crippen molar-refractivity contribution in [1.29, 1.82) is 0 Å². The zero-order valence-electron chi connectivity index (χ0n) is 25.1. The number of ether oxygens (including phenoxy) is 4. The Balaban J connectivity index is 1.24. The lowest BCUT2D eigenvalue weighted by atomic mass is 9.97. The van der Waals surface area contributed by atoms with Crippen molar-refractivity contribution in [2.75, 3.05) is 39.5 Å². The Hall–Kier alpha value is -3.53. The number of carbonyl (C=O) groups excluding carboxylic acids is 1. The van der Waals surface area contributed by atoms with Crippen LogP contribution >= 0.6 is 11.3 Å². The van der Waals surface area contributed by atoms with Gasteiger partial charge in [-0.05, 0) is 105 Å². The van der Waals surface area contributed by atoms with Gasteiger partial charge in [-0.25, -0.2) is 4.39 Å². The van der Waals surface area contributed by atoms with Crippen molar-refractivity contribution in [3.63, 3.8) is 0 Å². The molecule has 6 nitrogen and oxygen atoms in total. The van der Waals surface area contributed by atoms with E-state index in [1.165, 1.54) is 23.5 Å². The van der Waals surface area contributed by atoms with Crippen LogP contribution in [0.3, 0.4) is 0 Å². The number of rotatable bonds is 11. The largest absolute Gasteiger partial charge is 0.492 e. The second kappa shape index (κ2) is 13.6. The molecule has 3 aromatic carbocycles. The van der Waals surface area contributed by atoms with Gasteiger partial charge in [0.25, 0.3) is 0 Å². The molecule has 4 aromatic rings. The summed E-state index contributed by atoms with van der Waals surface area (Å²) in [5, 5.41) is 0.783. The van der Waals surface area contributed by atoms with Crippen molar-refractivity contribution in [3.8, 4) is 23.0 Å². The van der Waals surface area contributed by atoms with Gasteiger partial charge in [0.05, 0.1) is 13.3 Å². The lowest BCUT2D eigenvalue weighted by molar-refractivity contribution is -0.105. The number of halogens is 2. The molecule has 1 unspecified atom stereocenters. The van der Waals surface area contributed by atoms with Crippen LogP contribution in [0.15, 0.2) is 54.6 Å². The molecule has 3 heterocycles. The summed E-state index contributed by atoms with van der Waals surface area (Å²) in [6.07, 6.45) is 3.54. The van der Waals surface area contributed by atoms with E-state index in [1.807, 2.05) is 42.5 Å². The maximum absolute atomic E-state index is 14.1. The lowest BCUT2D eigenvalue weighted by Crippen LogP contribution is -2.26. The molecule has 44 heavy (non-hydrogen) atoms. The smallest absolute Gasteiger partial charge is 0.207 e. The lowest BCUT2D eigenvalue weighted by Gasteiger charge is -2.23. The first kappa shape index (κ1) is 30.5. The fourth-order valence-electron chi connectivity index (χ4n) is 5.97. The number of benzene rings is 3. The third-order valence-electron chi connectivity index (χ3n) is 8.26. The third kappa shape index (κ3) is 6.90. The van der Waals surface area contributed by atoms with Crippen molar-refractivity contribution in [2.45, 2.75) is 45.8 Å². The monoisotopic (exact) mass is 621 g/mol. The Morgan fingerprint density at radius 2 is 1.75 bits per heavy atom. The molecular weight excluding hydrogens is 584 g/mol. The highest BCUT2D eigenvalue weighted by molar-refractivity contribution is 7.21. The van der Waals surface area contributed by atoms with Gasteiger partial charge in [0.1, 0.15) is 34.5 Å². The van der Waals surface area contributed by atoms with Crippen LogP contribution < -0.4 is 14.2 Å². The molecule has 0 N–H and O–H groups in total. The van der Waals surface area contributed by atoms with E-state index in [-0.39, 0.29) is 30.5 Å². The predicted octanol–water partition coefficient (Wildman–Crippen LogP) is 8.26. The van der Waals surface area contributed by atoms with Crippen molar-refractivity contribution < 1.29 is 32.5 Å². The number of thiophene rings is 1. The van der Waals surface area contributed by atoms with Gasteiger partial charge in [-0.3, -0.25) is 14.1 Å². The van der Waals surface area contributed by atoms with E-state index in [1.54, 1.807) is 13.8 Å². The van der Waals surface area contributed by atoms with Gasteiger partial charge in [-0.1, -0.05) is 0 Å². The number of alkyl halides is 1. The van der Waals surface area contributed by atoms with Crippen LogP contribution in [0.1, 0.15) is 52.0 Å². The standard InChI is InChI=1S/C35H37F2NO5S/c1-22-17-25(37)18-23(2)32(22)33(39)35-34(29-11-10-28(19-30(29)44-35)42-31-5-3-4-15-41-31)43-27-8-6-26(7-9-27)40-16-14-38-13-12-24(20-36)21-38/h6-11,17-19,24,31H,3-5,12-16,20-21H2,1-2H3/t24-,31?/m0/s1. The van der Waals surface area contributed by atoms with Gasteiger partial charge in [0, 0.05) is 41.1 Å². The second-order valence-corrected chi connectivity index (χ2v) is 12.7. The summed E-state index contributed by atoms with van der Waals surface area (Å²) in [5.41, 5.74) is 1.62. The molecule has 1 aromatic heterocycles. The molecule has 0 amide bonds. The molecule has 2 fully saturated rings. The van der Waals surface area contributed by atoms with E-state index in [0.717, 1.165) is 55.4 Å². The highest BCUT2D eigenvalue weighted by Crippen LogP contribution is 2.44. The zero-order chi connectivity index (χ0) is 30.6. The minimum Gasteiger partial charge on any atom is -0.492 e. The molecular formula is C35H37F2NO5S. The number of aryl methyl sites for hydroxylation is 2. The summed E-state index contributed by atoms with van der Waals surface area (Å²) in [6.45, 7) is 6.85. The van der Waals surface area contributed by atoms with E-state index >= 15 is 0 Å². The van der Waals surface area contributed by atoms with Crippen LogP contribution in [-0.4, -0.2) is 56.5 Å². The Bertz CT molecular complexity index is 1590. The first-order valence-corrected chi connectivity index (χ1v) is 16.0. The number of likely N-dealkylation sites (tertiary alicyclic amines) is 1. The maximum Gasteiger partial charge on any atom is 0.207 e. The van der Waals surface area contributed by atoms with Gasteiger partial charge in [0.2, 0.25) is 5.78 Å². The maximum atomic E-state index is 14.1. The molecule has 0 spiro atoms. The molecule has 2 atom stereocenters. The van der Waals surface area contributed by atoms with Gasteiger partial charge in [0.15, 0.2) is 12.0 Å². The minimum absolute atomic E-state index is 0.136. The summed E-state index contributed by atoms with van der Waals surface area (Å²) < 4.78 is 52.0. The minimum atomic E-state index is -0.372. The number of fused-ring (bicyclic) bond motifs is 1.